The molecule has 0 radical (unpaired) electrons. The predicted octanol–water partition coefficient (Wildman–Crippen LogP) is 2.47. The molecule has 0 aliphatic heterocycles. The summed E-state index contributed by atoms with van der Waals surface area (Å²) in [5, 5.41) is 13.3. The molecule has 2 aromatic heterocycles. The number of aromatic nitrogens is 2. The number of amides is 1. The van der Waals surface area contributed by atoms with E-state index in [1.165, 1.54) is 4.57 Å². The van der Waals surface area contributed by atoms with E-state index in [2.05, 4.69) is 10.3 Å². The van der Waals surface area contributed by atoms with E-state index in [1.807, 2.05) is 19.1 Å². The molecule has 0 aliphatic rings. The molecule has 1 amide bonds. The van der Waals surface area contributed by atoms with Gasteiger partial charge in [-0.15, -0.1) is 0 Å². The minimum Gasteiger partial charge on any atom is -0.506 e. The van der Waals surface area contributed by atoms with Gasteiger partial charge in [-0.25, -0.2) is 0 Å². The summed E-state index contributed by atoms with van der Waals surface area (Å²) in [5.41, 5.74) is 8.98. The number of carbonyl (C=O) groups excluding carboxylic acids is 1. The number of hydrogen-bond acceptors (Lipinski definition) is 5. The second kappa shape index (κ2) is 10.2. The molecule has 0 spiro atoms. The summed E-state index contributed by atoms with van der Waals surface area (Å²) in [6.07, 6.45) is 3.66. The van der Waals surface area contributed by atoms with Crippen molar-refractivity contribution in [1.82, 2.24) is 14.9 Å². The van der Waals surface area contributed by atoms with Crippen LogP contribution >= 0.6 is 11.6 Å². The standard InChI is InChI=1S/C23H25ClN4O3/c1-15-6-9-28(10-7-20-21(29)3-2-8-26-20)23(31)19(15)12-22(30)27-14-17-11-18(24)5-4-16(17)13-25/h2-6,8-9,11,29H,7,10,12-14,25H2,1H3,(H,27,30). The minimum absolute atomic E-state index is 0.0289. The van der Waals surface area contributed by atoms with Gasteiger partial charge < -0.3 is 20.7 Å². The van der Waals surface area contributed by atoms with Crippen LogP contribution in [0.4, 0.5) is 0 Å². The molecule has 162 valence electrons. The van der Waals surface area contributed by atoms with Gasteiger partial charge in [0.1, 0.15) is 5.75 Å². The summed E-state index contributed by atoms with van der Waals surface area (Å²) in [5.74, 6) is -0.164. The van der Waals surface area contributed by atoms with E-state index < -0.39 is 0 Å². The lowest BCUT2D eigenvalue weighted by atomic mass is 10.1. The number of hydrogen-bond donors (Lipinski definition) is 3. The Labute approximate surface area is 185 Å². The Balaban J connectivity index is 1.69. The highest BCUT2D eigenvalue weighted by atomic mass is 35.5. The van der Waals surface area contributed by atoms with Crippen molar-refractivity contribution in [3.8, 4) is 5.75 Å². The number of nitrogens with zero attached hydrogens (tertiary/aromatic N) is 2. The van der Waals surface area contributed by atoms with Crippen molar-refractivity contribution in [3.63, 3.8) is 0 Å². The van der Waals surface area contributed by atoms with E-state index in [1.54, 1.807) is 36.7 Å². The average Bonchev–Trinajstić information content (AvgIpc) is 2.76. The topological polar surface area (TPSA) is 110 Å². The van der Waals surface area contributed by atoms with Gasteiger partial charge >= 0.3 is 0 Å². The third kappa shape index (κ3) is 5.71. The van der Waals surface area contributed by atoms with Crippen molar-refractivity contribution in [3.05, 3.63) is 92.1 Å². The zero-order valence-corrected chi connectivity index (χ0v) is 18.0. The predicted molar refractivity (Wildman–Crippen MR) is 120 cm³/mol. The summed E-state index contributed by atoms with van der Waals surface area (Å²) < 4.78 is 1.53. The Morgan fingerprint density at radius 2 is 2.06 bits per heavy atom. The van der Waals surface area contributed by atoms with Crippen molar-refractivity contribution in [2.24, 2.45) is 5.73 Å². The third-order valence-electron chi connectivity index (χ3n) is 5.16. The first-order chi connectivity index (χ1) is 14.9. The van der Waals surface area contributed by atoms with E-state index >= 15 is 0 Å². The van der Waals surface area contributed by atoms with Crippen LogP contribution in [0.5, 0.6) is 5.75 Å². The summed E-state index contributed by atoms with van der Waals surface area (Å²) in [6, 6.07) is 10.4. The van der Waals surface area contributed by atoms with Crippen LogP contribution in [0.2, 0.25) is 5.02 Å². The van der Waals surface area contributed by atoms with Crippen LogP contribution in [-0.4, -0.2) is 20.6 Å². The fourth-order valence-corrected chi connectivity index (χ4v) is 3.52. The Morgan fingerprint density at radius 3 is 2.81 bits per heavy atom. The minimum atomic E-state index is -0.261. The highest BCUT2D eigenvalue weighted by Gasteiger charge is 2.13. The maximum Gasteiger partial charge on any atom is 0.254 e. The maximum absolute atomic E-state index is 12.9. The Kier molecular flexibility index (Phi) is 7.44. The number of nitrogens with two attached hydrogens (primary N) is 1. The molecule has 7 nitrogen and oxygen atoms in total. The van der Waals surface area contributed by atoms with Crippen molar-refractivity contribution in [2.75, 3.05) is 0 Å². The fraction of sp³-hybridized carbons (Fsp3) is 0.261. The number of aryl methyl sites for hydroxylation is 3. The molecule has 31 heavy (non-hydrogen) atoms. The van der Waals surface area contributed by atoms with Crippen LogP contribution in [0.1, 0.15) is 27.9 Å². The number of carbonyl (C=O) groups is 1. The van der Waals surface area contributed by atoms with Gasteiger partial charge in [0.2, 0.25) is 5.91 Å². The van der Waals surface area contributed by atoms with Gasteiger partial charge in [-0.1, -0.05) is 17.7 Å². The molecule has 0 aliphatic carbocycles. The molecule has 1 aromatic carbocycles. The number of aromatic hydroxyl groups is 1. The summed E-state index contributed by atoms with van der Waals surface area (Å²) in [7, 11) is 0. The summed E-state index contributed by atoms with van der Waals surface area (Å²) in [4.78, 5) is 29.6. The summed E-state index contributed by atoms with van der Waals surface area (Å²) >= 11 is 6.04. The molecule has 2 heterocycles. The first-order valence-electron chi connectivity index (χ1n) is 9.95. The number of rotatable bonds is 8. The largest absolute Gasteiger partial charge is 0.506 e. The highest BCUT2D eigenvalue weighted by molar-refractivity contribution is 6.30. The van der Waals surface area contributed by atoms with E-state index in [4.69, 9.17) is 17.3 Å². The number of pyridine rings is 2. The normalized spacial score (nSPS) is 10.8. The molecule has 0 fully saturated rings. The lowest BCUT2D eigenvalue weighted by Gasteiger charge is -2.13. The van der Waals surface area contributed by atoms with E-state index in [-0.39, 0.29) is 30.2 Å². The van der Waals surface area contributed by atoms with Gasteiger partial charge in [0.15, 0.2) is 0 Å². The highest BCUT2D eigenvalue weighted by Crippen LogP contribution is 2.16. The van der Waals surface area contributed by atoms with Crippen LogP contribution in [-0.2, 0) is 37.3 Å². The zero-order valence-electron chi connectivity index (χ0n) is 17.3. The first kappa shape index (κ1) is 22.5. The Hall–Kier alpha value is -3.16. The number of benzene rings is 1. The van der Waals surface area contributed by atoms with Gasteiger partial charge in [0.05, 0.1) is 12.1 Å². The quantitative estimate of drug-likeness (QED) is 0.498. The van der Waals surface area contributed by atoms with Gasteiger partial charge in [0, 0.05) is 49.0 Å². The molecule has 8 heteroatoms. The summed E-state index contributed by atoms with van der Waals surface area (Å²) in [6.45, 7) is 2.78. The SMILES string of the molecule is Cc1ccn(CCc2ncccc2O)c(=O)c1CC(=O)NCc1cc(Cl)ccc1CN. The van der Waals surface area contributed by atoms with E-state index in [0.717, 1.165) is 16.7 Å². The van der Waals surface area contributed by atoms with Crippen molar-refractivity contribution >= 4 is 17.5 Å². The zero-order chi connectivity index (χ0) is 22.4. The van der Waals surface area contributed by atoms with Crippen molar-refractivity contribution < 1.29 is 9.90 Å². The monoisotopic (exact) mass is 440 g/mol. The second-order valence-electron chi connectivity index (χ2n) is 7.27. The Morgan fingerprint density at radius 1 is 1.26 bits per heavy atom. The molecule has 3 aromatic rings. The number of nitrogens with one attached hydrogen (secondary N) is 1. The first-order valence-corrected chi connectivity index (χ1v) is 10.3. The van der Waals surface area contributed by atoms with Crippen LogP contribution in [0, 0.1) is 6.92 Å². The van der Waals surface area contributed by atoms with Crippen molar-refractivity contribution in [1.29, 1.82) is 0 Å². The number of halogens is 1. The molecule has 0 unspecified atom stereocenters. The Bertz CT molecular complexity index is 1140. The van der Waals surface area contributed by atoms with Gasteiger partial charge in [-0.2, -0.15) is 0 Å². The molecular weight excluding hydrogens is 416 g/mol. The van der Waals surface area contributed by atoms with Gasteiger partial charge in [0.25, 0.3) is 5.56 Å². The molecular formula is C23H25ClN4O3. The second-order valence-corrected chi connectivity index (χ2v) is 7.70. The van der Waals surface area contributed by atoms with Crippen LogP contribution in [0.3, 0.4) is 0 Å². The van der Waals surface area contributed by atoms with Gasteiger partial charge in [-0.3, -0.25) is 14.6 Å². The van der Waals surface area contributed by atoms with E-state index in [0.29, 0.717) is 35.8 Å². The lowest BCUT2D eigenvalue weighted by Crippen LogP contribution is -2.31. The smallest absolute Gasteiger partial charge is 0.254 e. The molecule has 0 saturated carbocycles. The lowest BCUT2D eigenvalue weighted by molar-refractivity contribution is -0.120. The van der Waals surface area contributed by atoms with Crippen LogP contribution in [0.25, 0.3) is 0 Å². The van der Waals surface area contributed by atoms with Gasteiger partial charge in [-0.05, 0) is 53.9 Å². The van der Waals surface area contributed by atoms with Crippen molar-refractivity contribution in [2.45, 2.75) is 39.4 Å². The molecule has 4 N–H and O–H groups in total. The molecule has 0 atom stereocenters. The van der Waals surface area contributed by atoms with Crippen LogP contribution in [0.15, 0.2) is 53.6 Å². The van der Waals surface area contributed by atoms with E-state index in [9.17, 15) is 14.7 Å². The average molecular weight is 441 g/mol. The van der Waals surface area contributed by atoms with Crippen LogP contribution < -0.4 is 16.6 Å². The maximum atomic E-state index is 12.9. The molecule has 0 saturated heterocycles. The molecule has 0 bridgehead atoms. The third-order valence-corrected chi connectivity index (χ3v) is 5.39. The molecule has 3 rings (SSSR count). The fourth-order valence-electron chi connectivity index (χ4n) is 3.33.